The second kappa shape index (κ2) is 7.89. The zero-order valence-electron chi connectivity index (χ0n) is 11.7. The van der Waals surface area contributed by atoms with Crippen molar-refractivity contribution in [3.05, 3.63) is 0 Å². The molecular formula is C13H23N3O3. The van der Waals surface area contributed by atoms with Crippen LogP contribution in [0.1, 0.15) is 39.0 Å². The molecule has 1 aliphatic rings. The van der Waals surface area contributed by atoms with Gasteiger partial charge in [0, 0.05) is 33.0 Å². The molecule has 19 heavy (non-hydrogen) atoms. The van der Waals surface area contributed by atoms with Crippen molar-refractivity contribution in [2.45, 2.75) is 39.0 Å². The van der Waals surface area contributed by atoms with Gasteiger partial charge >= 0.3 is 0 Å². The molecule has 1 atom stereocenters. The molecular weight excluding hydrogens is 246 g/mol. The SMILES string of the molecule is CCCC(CCO)CNC(=O)C1=NN(C)C(=O)CC1. The highest BCUT2D eigenvalue weighted by Gasteiger charge is 2.22. The van der Waals surface area contributed by atoms with Crippen molar-refractivity contribution >= 4 is 17.5 Å². The van der Waals surface area contributed by atoms with E-state index in [0.29, 0.717) is 37.4 Å². The Labute approximate surface area is 113 Å². The summed E-state index contributed by atoms with van der Waals surface area (Å²) in [5.74, 6) is 0.0154. The van der Waals surface area contributed by atoms with Gasteiger partial charge in [-0.25, -0.2) is 5.01 Å². The van der Waals surface area contributed by atoms with Crippen molar-refractivity contribution in [2.75, 3.05) is 20.2 Å². The number of hydrogen-bond donors (Lipinski definition) is 2. The van der Waals surface area contributed by atoms with Crippen LogP contribution in [0.4, 0.5) is 0 Å². The summed E-state index contributed by atoms with van der Waals surface area (Å²) in [5.41, 5.74) is 0.404. The van der Waals surface area contributed by atoms with Crippen molar-refractivity contribution in [2.24, 2.45) is 11.0 Å². The van der Waals surface area contributed by atoms with Crippen molar-refractivity contribution in [1.29, 1.82) is 0 Å². The molecule has 0 bridgehead atoms. The second-order valence-corrected chi connectivity index (χ2v) is 4.84. The van der Waals surface area contributed by atoms with Crippen molar-refractivity contribution in [1.82, 2.24) is 10.3 Å². The molecule has 0 radical (unpaired) electrons. The first kappa shape index (κ1) is 15.6. The fraction of sp³-hybridized carbons (Fsp3) is 0.769. The van der Waals surface area contributed by atoms with Gasteiger partial charge in [-0.3, -0.25) is 9.59 Å². The maximum absolute atomic E-state index is 11.9. The van der Waals surface area contributed by atoms with E-state index < -0.39 is 0 Å². The number of nitrogens with one attached hydrogen (secondary N) is 1. The highest BCUT2D eigenvalue weighted by Crippen LogP contribution is 2.10. The van der Waals surface area contributed by atoms with E-state index in [-0.39, 0.29) is 18.4 Å². The van der Waals surface area contributed by atoms with Gasteiger partial charge in [0.15, 0.2) is 0 Å². The van der Waals surface area contributed by atoms with E-state index >= 15 is 0 Å². The van der Waals surface area contributed by atoms with E-state index in [1.165, 1.54) is 5.01 Å². The van der Waals surface area contributed by atoms with Gasteiger partial charge < -0.3 is 10.4 Å². The van der Waals surface area contributed by atoms with Gasteiger partial charge in [0.2, 0.25) is 5.91 Å². The molecule has 0 fully saturated rings. The lowest BCUT2D eigenvalue weighted by molar-refractivity contribution is -0.130. The standard InChI is InChI=1S/C13H23N3O3/c1-3-4-10(7-8-17)9-14-13(19)11-5-6-12(18)16(2)15-11/h10,17H,3-9H2,1-2H3,(H,14,19). The Morgan fingerprint density at radius 1 is 1.47 bits per heavy atom. The molecule has 0 saturated heterocycles. The number of amides is 2. The summed E-state index contributed by atoms with van der Waals surface area (Å²) in [6.07, 6.45) is 3.43. The molecule has 0 aliphatic carbocycles. The first-order valence-electron chi connectivity index (χ1n) is 6.81. The third kappa shape index (κ3) is 4.98. The van der Waals surface area contributed by atoms with Crippen LogP contribution < -0.4 is 5.32 Å². The van der Waals surface area contributed by atoms with E-state index in [2.05, 4.69) is 17.3 Å². The molecule has 0 saturated carbocycles. The lowest BCUT2D eigenvalue weighted by atomic mass is 10.00. The minimum atomic E-state index is -0.210. The van der Waals surface area contributed by atoms with E-state index in [0.717, 1.165) is 12.8 Å². The Morgan fingerprint density at radius 2 is 2.21 bits per heavy atom. The second-order valence-electron chi connectivity index (χ2n) is 4.84. The van der Waals surface area contributed by atoms with Crippen LogP contribution in [0.15, 0.2) is 5.10 Å². The Morgan fingerprint density at radius 3 is 2.79 bits per heavy atom. The minimum Gasteiger partial charge on any atom is -0.396 e. The summed E-state index contributed by atoms with van der Waals surface area (Å²) in [5, 5.41) is 17.0. The number of aliphatic hydroxyl groups excluding tert-OH is 1. The Kier molecular flexibility index (Phi) is 6.49. The lowest BCUT2D eigenvalue weighted by Crippen LogP contribution is -2.39. The fourth-order valence-corrected chi connectivity index (χ4v) is 2.11. The van der Waals surface area contributed by atoms with Crippen LogP contribution in [0, 0.1) is 5.92 Å². The summed E-state index contributed by atoms with van der Waals surface area (Å²) in [4.78, 5) is 23.2. The van der Waals surface area contributed by atoms with E-state index in [9.17, 15) is 9.59 Å². The molecule has 1 aliphatic heterocycles. The van der Waals surface area contributed by atoms with Gasteiger partial charge in [-0.2, -0.15) is 5.10 Å². The van der Waals surface area contributed by atoms with Crippen LogP contribution in [-0.2, 0) is 9.59 Å². The van der Waals surface area contributed by atoms with E-state index in [4.69, 9.17) is 5.11 Å². The average Bonchev–Trinajstić information content (AvgIpc) is 2.39. The van der Waals surface area contributed by atoms with E-state index in [1.54, 1.807) is 7.05 Å². The molecule has 1 rings (SSSR count). The Balaban J connectivity index is 2.46. The maximum Gasteiger partial charge on any atom is 0.267 e. The van der Waals surface area contributed by atoms with Crippen LogP contribution >= 0.6 is 0 Å². The van der Waals surface area contributed by atoms with Gasteiger partial charge in [-0.1, -0.05) is 13.3 Å². The molecule has 2 N–H and O–H groups in total. The molecule has 6 nitrogen and oxygen atoms in total. The van der Waals surface area contributed by atoms with Crippen LogP contribution in [0.25, 0.3) is 0 Å². The summed E-state index contributed by atoms with van der Waals surface area (Å²) in [7, 11) is 1.56. The quantitative estimate of drug-likeness (QED) is 0.706. The smallest absolute Gasteiger partial charge is 0.267 e. The number of carbonyl (C=O) groups excluding carboxylic acids is 2. The summed E-state index contributed by atoms with van der Waals surface area (Å²) < 4.78 is 0. The largest absolute Gasteiger partial charge is 0.396 e. The first-order chi connectivity index (χ1) is 9.08. The molecule has 108 valence electrons. The molecule has 0 spiro atoms. The number of carbonyl (C=O) groups is 2. The number of rotatable bonds is 7. The third-order valence-corrected chi connectivity index (χ3v) is 3.25. The van der Waals surface area contributed by atoms with Crippen LogP contribution in [0.5, 0.6) is 0 Å². The normalized spacial score (nSPS) is 17.1. The van der Waals surface area contributed by atoms with Gasteiger partial charge in [-0.05, 0) is 18.8 Å². The highest BCUT2D eigenvalue weighted by molar-refractivity contribution is 6.39. The van der Waals surface area contributed by atoms with Crippen molar-refractivity contribution < 1.29 is 14.7 Å². The van der Waals surface area contributed by atoms with Gasteiger partial charge in [0.1, 0.15) is 5.71 Å². The third-order valence-electron chi connectivity index (χ3n) is 3.25. The molecule has 0 aromatic heterocycles. The van der Waals surface area contributed by atoms with Gasteiger partial charge in [-0.15, -0.1) is 0 Å². The van der Waals surface area contributed by atoms with Crippen LogP contribution in [-0.4, -0.2) is 47.8 Å². The number of nitrogens with zero attached hydrogens (tertiary/aromatic N) is 2. The molecule has 2 amide bonds. The van der Waals surface area contributed by atoms with Crippen LogP contribution in [0.2, 0.25) is 0 Å². The van der Waals surface area contributed by atoms with Crippen LogP contribution in [0.3, 0.4) is 0 Å². The Bertz CT molecular complexity index is 349. The predicted molar refractivity (Wildman–Crippen MR) is 72.5 cm³/mol. The number of hydrazone groups is 1. The molecule has 0 aromatic carbocycles. The molecule has 1 heterocycles. The molecule has 1 unspecified atom stereocenters. The maximum atomic E-state index is 11.9. The fourth-order valence-electron chi connectivity index (χ4n) is 2.11. The van der Waals surface area contributed by atoms with E-state index in [1.807, 2.05) is 0 Å². The van der Waals surface area contributed by atoms with Crippen molar-refractivity contribution in [3.8, 4) is 0 Å². The lowest BCUT2D eigenvalue weighted by Gasteiger charge is -2.20. The highest BCUT2D eigenvalue weighted by atomic mass is 16.3. The number of aliphatic hydroxyl groups is 1. The summed E-state index contributed by atoms with van der Waals surface area (Å²) in [6, 6.07) is 0. The predicted octanol–water partition coefficient (Wildman–Crippen LogP) is 0.509. The molecule has 0 aromatic rings. The zero-order chi connectivity index (χ0) is 14.3. The molecule has 6 heteroatoms. The summed E-state index contributed by atoms with van der Waals surface area (Å²) >= 11 is 0. The topological polar surface area (TPSA) is 82.0 Å². The van der Waals surface area contributed by atoms with Crippen molar-refractivity contribution in [3.63, 3.8) is 0 Å². The van der Waals surface area contributed by atoms with Gasteiger partial charge in [0.25, 0.3) is 5.91 Å². The summed E-state index contributed by atoms with van der Waals surface area (Å²) in [6.45, 7) is 2.76. The van der Waals surface area contributed by atoms with Gasteiger partial charge in [0.05, 0.1) is 0 Å². The average molecular weight is 269 g/mol. The monoisotopic (exact) mass is 269 g/mol. The Hall–Kier alpha value is -1.43. The first-order valence-corrected chi connectivity index (χ1v) is 6.81. The minimum absolute atomic E-state index is 0.0688. The zero-order valence-corrected chi connectivity index (χ0v) is 11.7. The number of hydrogen-bond acceptors (Lipinski definition) is 4.